The molecule has 2 rings (SSSR count). The van der Waals surface area contributed by atoms with Crippen molar-refractivity contribution < 1.29 is 0 Å². The van der Waals surface area contributed by atoms with E-state index < -0.39 is 0 Å². The van der Waals surface area contributed by atoms with Crippen LogP contribution in [-0.2, 0) is 19.4 Å². The van der Waals surface area contributed by atoms with Gasteiger partial charge in [-0.05, 0) is 18.9 Å². The van der Waals surface area contributed by atoms with Crippen LogP contribution in [0.4, 0.5) is 5.69 Å². The predicted octanol–water partition coefficient (Wildman–Crippen LogP) is 1.91. The van der Waals surface area contributed by atoms with E-state index in [2.05, 4.69) is 23.1 Å². The Hall–Kier alpha value is -2.35. The maximum Gasteiger partial charge on any atom is 0.145 e. The van der Waals surface area contributed by atoms with E-state index in [1.165, 1.54) is 0 Å². The molecule has 2 aromatic rings. The van der Waals surface area contributed by atoms with E-state index in [-0.39, 0.29) is 0 Å². The van der Waals surface area contributed by atoms with Crippen LogP contribution in [0.5, 0.6) is 0 Å². The van der Waals surface area contributed by atoms with E-state index in [0.29, 0.717) is 12.2 Å². The van der Waals surface area contributed by atoms with Crippen molar-refractivity contribution in [2.45, 2.75) is 33.2 Å². The summed E-state index contributed by atoms with van der Waals surface area (Å²) in [6.07, 6.45) is 3.25. The van der Waals surface area contributed by atoms with Gasteiger partial charge in [-0.3, -0.25) is 4.68 Å². The van der Waals surface area contributed by atoms with E-state index in [9.17, 15) is 0 Å². The Kier molecular flexibility index (Phi) is 3.81. The van der Waals surface area contributed by atoms with Gasteiger partial charge in [0, 0.05) is 11.8 Å². The summed E-state index contributed by atoms with van der Waals surface area (Å²) in [5, 5.41) is 13.6. The average molecular weight is 255 g/mol. The van der Waals surface area contributed by atoms with Crippen molar-refractivity contribution in [3.63, 3.8) is 0 Å². The highest BCUT2D eigenvalue weighted by molar-refractivity contribution is 5.48. The van der Waals surface area contributed by atoms with Gasteiger partial charge < -0.3 is 5.73 Å². The average Bonchev–Trinajstić information content (AvgIpc) is 2.74. The van der Waals surface area contributed by atoms with E-state index >= 15 is 0 Å². The predicted molar refractivity (Wildman–Crippen MR) is 73.4 cm³/mol. The van der Waals surface area contributed by atoms with Crippen LogP contribution in [0.15, 0.2) is 18.3 Å². The molecule has 0 unspecified atom stereocenters. The number of pyridine rings is 1. The Morgan fingerprint density at radius 2 is 2.16 bits per heavy atom. The van der Waals surface area contributed by atoms with Crippen LogP contribution in [-0.4, -0.2) is 14.8 Å². The second kappa shape index (κ2) is 5.53. The fourth-order valence-electron chi connectivity index (χ4n) is 2.16. The first-order valence-corrected chi connectivity index (χ1v) is 6.39. The van der Waals surface area contributed by atoms with Crippen LogP contribution in [0, 0.1) is 11.3 Å². The van der Waals surface area contributed by atoms with Crippen molar-refractivity contribution in [2.75, 3.05) is 5.73 Å². The molecule has 98 valence electrons. The van der Waals surface area contributed by atoms with Crippen LogP contribution in [0.25, 0.3) is 0 Å². The summed E-state index contributed by atoms with van der Waals surface area (Å²) in [4.78, 5) is 4.06. The second-order valence-electron chi connectivity index (χ2n) is 4.29. The zero-order valence-electron chi connectivity index (χ0n) is 11.2. The second-order valence-corrected chi connectivity index (χ2v) is 4.29. The van der Waals surface area contributed by atoms with E-state index in [4.69, 9.17) is 11.0 Å². The highest BCUT2D eigenvalue weighted by Crippen LogP contribution is 2.20. The number of nitrogens with zero attached hydrogens (tertiary/aromatic N) is 4. The summed E-state index contributed by atoms with van der Waals surface area (Å²) < 4.78 is 1.88. The maximum absolute atomic E-state index is 9.06. The molecule has 0 amide bonds. The Bertz CT molecular complexity index is 621. The molecule has 0 fully saturated rings. The number of nitrogens with two attached hydrogens (primary N) is 1. The van der Waals surface area contributed by atoms with Gasteiger partial charge in [-0.2, -0.15) is 10.4 Å². The molecule has 0 saturated carbocycles. The van der Waals surface area contributed by atoms with Crippen molar-refractivity contribution in [2.24, 2.45) is 0 Å². The van der Waals surface area contributed by atoms with Crippen LogP contribution < -0.4 is 5.73 Å². The molecule has 0 aliphatic rings. The van der Waals surface area contributed by atoms with E-state index in [1.54, 1.807) is 6.20 Å². The van der Waals surface area contributed by atoms with Gasteiger partial charge in [-0.15, -0.1) is 0 Å². The maximum atomic E-state index is 9.06. The van der Waals surface area contributed by atoms with Crippen molar-refractivity contribution in [3.8, 4) is 6.07 Å². The van der Waals surface area contributed by atoms with Gasteiger partial charge in [0.05, 0.1) is 23.6 Å². The molecule has 2 N–H and O–H groups in total. The highest BCUT2D eigenvalue weighted by atomic mass is 15.3. The summed E-state index contributed by atoms with van der Waals surface area (Å²) >= 11 is 0. The van der Waals surface area contributed by atoms with Crippen molar-refractivity contribution in [3.05, 3.63) is 41.0 Å². The lowest BCUT2D eigenvalue weighted by atomic mass is 10.2. The van der Waals surface area contributed by atoms with Crippen molar-refractivity contribution in [1.29, 1.82) is 5.26 Å². The summed E-state index contributed by atoms with van der Waals surface area (Å²) in [5.74, 6) is 0. The number of nitrogen functional groups attached to an aromatic ring is 1. The van der Waals surface area contributed by atoms with E-state index in [1.807, 2.05) is 23.7 Å². The number of hydrogen-bond donors (Lipinski definition) is 1. The lowest BCUT2D eigenvalue weighted by Gasteiger charge is -2.07. The first-order chi connectivity index (χ1) is 9.21. The zero-order valence-corrected chi connectivity index (χ0v) is 11.2. The minimum atomic E-state index is 0.441. The molecule has 0 aliphatic heterocycles. The zero-order chi connectivity index (χ0) is 13.8. The number of hydrogen-bond acceptors (Lipinski definition) is 4. The molecule has 0 aromatic carbocycles. The number of aromatic nitrogens is 3. The molecule has 5 heteroatoms. The van der Waals surface area contributed by atoms with Crippen LogP contribution in [0.1, 0.15) is 36.5 Å². The number of rotatable bonds is 4. The highest BCUT2D eigenvalue weighted by Gasteiger charge is 2.14. The molecule has 2 heterocycles. The number of aryl methyl sites for hydroxylation is 1. The van der Waals surface area contributed by atoms with Crippen molar-refractivity contribution in [1.82, 2.24) is 14.8 Å². The van der Waals surface area contributed by atoms with Gasteiger partial charge in [0.25, 0.3) is 0 Å². The van der Waals surface area contributed by atoms with Crippen LogP contribution >= 0.6 is 0 Å². The molecular weight excluding hydrogens is 238 g/mol. The minimum Gasteiger partial charge on any atom is -0.396 e. The molecule has 5 nitrogen and oxygen atoms in total. The topological polar surface area (TPSA) is 80.5 Å². The standard InChI is InChI=1S/C14H17N5/c1-3-11-14(16)13(4-2)19(18-11)9-10-6-5-7-17-12(10)8-15/h5-7H,3-4,9,16H2,1-2H3. The third kappa shape index (κ3) is 2.43. The van der Waals surface area contributed by atoms with Gasteiger partial charge in [0.1, 0.15) is 11.8 Å². The van der Waals surface area contributed by atoms with Gasteiger partial charge in [-0.25, -0.2) is 4.98 Å². The third-order valence-corrected chi connectivity index (χ3v) is 3.16. The summed E-state index contributed by atoms with van der Waals surface area (Å²) in [7, 11) is 0. The van der Waals surface area contributed by atoms with Crippen LogP contribution in [0.2, 0.25) is 0 Å². The van der Waals surface area contributed by atoms with E-state index in [0.717, 1.165) is 35.5 Å². The van der Waals surface area contributed by atoms with Crippen molar-refractivity contribution >= 4 is 5.69 Å². The monoisotopic (exact) mass is 255 g/mol. The molecule has 0 bridgehead atoms. The molecular formula is C14H17N5. The summed E-state index contributed by atoms with van der Waals surface area (Å²) in [6, 6.07) is 5.83. The number of anilines is 1. The SMILES string of the molecule is CCc1nn(Cc2cccnc2C#N)c(CC)c1N. The summed E-state index contributed by atoms with van der Waals surface area (Å²) in [5.41, 5.74) is 10.1. The number of nitriles is 1. The summed E-state index contributed by atoms with van der Waals surface area (Å²) in [6.45, 7) is 4.62. The Labute approximate surface area is 112 Å². The molecule has 0 radical (unpaired) electrons. The minimum absolute atomic E-state index is 0.441. The quantitative estimate of drug-likeness (QED) is 0.904. The van der Waals surface area contributed by atoms with Gasteiger partial charge in [0.2, 0.25) is 0 Å². The lowest BCUT2D eigenvalue weighted by Crippen LogP contribution is -2.08. The van der Waals surface area contributed by atoms with Gasteiger partial charge in [-0.1, -0.05) is 19.9 Å². The fraction of sp³-hybridized carbons (Fsp3) is 0.357. The molecule has 19 heavy (non-hydrogen) atoms. The fourth-order valence-corrected chi connectivity index (χ4v) is 2.16. The molecule has 0 saturated heterocycles. The Morgan fingerprint density at radius 1 is 1.37 bits per heavy atom. The molecule has 2 aromatic heterocycles. The van der Waals surface area contributed by atoms with Gasteiger partial charge >= 0.3 is 0 Å². The Balaban J connectivity index is 2.41. The molecule has 0 spiro atoms. The molecule has 0 aliphatic carbocycles. The first kappa shape index (κ1) is 13.1. The normalized spacial score (nSPS) is 10.4. The lowest BCUT2D eigenvalue weighted by molar-refractivity contribution is 0.638. The molecule has 0 atom stereocenters. The largest absolute Gasteiger partial charge is 0.396 e. The third-order valence-electron chi connectivity index (χ3n) is 3.16. The Morgan fingerprint density at radius 3 is 2.79 bits per heavy atom. The first-order valence-electron chi connectivity index (χ1n) is 6.39. The smallest absolute Gasteiger partial charge is 0.145 e. The van der Waals surface area contributed by atoms with Gasteiger partial charge in [0.15, 0.2) is 0 Å². The van der Waals surface area contributed by atoms with Crippen LogP contribution in [0.3, 0.4) is 0 Å².